The smallest absolute Gasteiger partial charge is 0.140 e. The van der Waals surface area contributed by atoms with Crippen LogP contribution in [0.4, 0.5) is 0 Å². The van der Waals surface area contributed by atoms with Gasteiger partial charge in [-0.05, 0) is 85.7 Å². The van der Waals surface area contributed by atoms with E-state index >= 15 is 0 Å². The molecule has 4 rings (SSSR count). The summed E-state index contributed by atoms with van der Waals surface area (Å²) in [5, 5.41) is 0.745. The van der Waals surface area contributed by atoms with Crippen LogP contribution in [0.25, 0.3) is 16.9 Å². The Bertz CT molecular complexity index is 1270. The standard InChI is InChI=1S/C32H38ClN3O3/c1-4-35(5-2)20-6-21-38-30-17-13-28(14-18-30)36-23-31(34-32(36)24-37-3)26-9-15-29(16-10-26)39-22-19-25-7-11-27(33)12-8-25/h7-18,23H,4-6,19-22,24H2,1-3H3. The van der Waals surface area contributed by atoms with Crippen molar-refractivity contribution >= 4 is 11.6 Å². The Hall–Kier alpha value is -3.32. The summed E-state index contributed by atoms with van der Waals surface area (Å²) in [5.74, 6) is 2.54. The van der Waals surface area contributed by atoms with Gasteiger partial charge in [-0.1, -0.05) is 37.6 Å². The van der Waals surface area contributed by atoms with Crippen LogP contribution in [0.1, 0.15) is 31.7 Å². The van der Waals surface area contributed by atoms with Gasteiger partial charge in [-0.25, -0.2) is 4.98 Å². The first-order valence-corrected chi connectivity index (χ1v) is 14.0. The Morgan fingerprint density at radius 3 is 2.10 bits per heavy atom. The molecule has 0 N–H and O–H groups in total. The molecule has 4 aromatic rings. The van der Waals surface area contributed by atoms with Gasteiger partial charge in [0.15, 0.2) is 0 Å². The number of methoxy groups -OCH3 is 1. The molecular formula is C32H38ClN3O3. The Kier molecular flexibility index (Phi) is 10.8. The summed E-state index contributed by atoms with van der Waals surface area (Å²) in [5.41, 5.74) is 4.11. The van der Waals surface area contributed by atoms with Gasteiger partial charge in [-0.3, -0.25) is 0 Å². The van der Waals surface area contributed by atoms with Crippen LogP contribution in [-0.2, 0) is 17.8 Å². The maximum atomic E-state index is 5.96. The van der Waals surface area contributed by atoms with E-state index in [9.17, 15) is 0 Å². The topological polar surface area (TPSA) is 48.8 Å². The zero-order chi connectivity index (χ0) is 27.5. The lowest BCUT2D eigenvalue weighted by Gasteiger charge is -2.17. The summed E-state index contributed by atoms with van der Waals surface area (Å²) in [6, 6.07) is 24.0. The van der Waals surface area contributed by atoms with Gasteiger partial charge < -0.3 is 23.7 Å². The first kappa shape index (κ1) is 28.7. The molecule has 3 aromatic carbocycles. The Morgan fingerprint density at radius 2 is 1.46 bits per heavy atom. The fraction of sp³-hybridized carbons (Fsp3) is 0.344. The van der Waals surface area contributed by atoms with E-state index in [0.29, 0.717) is 19.8 Å². The number of rotatable bonds is 15. The summed E-state index contributed by atoms with van der Waals surface area (Å²) in [6.45, 7) is 9.31. The molecule has 0 radical (unpaired) electrons. The minimum absolute atomic E-state index is 0.412. The van der Waals surface area contributed by atoms with Crippen molar-refractivity contribution in [3.63, 3.8) is 0 Å². The molecule has 0 fully saturated rings. The van der Waals surface area contributed by atoms with E-state index in [0.717, 1.165) is 71.8 Å². The van der Waals surface area contributed by atoms with Gasteiger partial charge in [0.05, 0.1) is 18.9 Å². The number of hydrogen-bond acceptors (Lipinski definition) is 5. The lowest BCUT2D eigenvalue weighted by Crippen LogP contribution is -2.25. The van der Waals surface area contributed by atoms with Crippen molar-refractivity contribution in [1.82, 2.24) is 14.5 Å². The molecule has 1 heterocycles. The molecule has 6 nitrogen and oxygen atoms in total. The van der Waals surface area contributed by atoms with Crippen molar-refractivity contribution < 1.29 is 14.2 Å². The molecular weight excluding hydrogens is 510 g/mol. The van der Waals surface area contributed by atoms with Crippen LogP contribution in [0, 0.1) is 0 Å². The number of nitrogens with zero attached hydrogens (tertiary/aromatic N) is 3. The fourth-order valence-corrected chi connectivity index (χ4v) is 4.52. The third kappa shape index (κ3) is 8.33. The zero-order valence-corrected chi connectivity index (χ0v) is 23.9. The molecule has 0 atom stereocenters. The van der Waals surface area contributed by atoms with E-state index in [1.54, 1.807) is 7.11 Å². The average Bonchev–Trinajstić information content (AvgIpc) is 3.39. The van der Waals surface area contributed by atoms with Crippen LogP contribution in [0.2, 0.25) is 5.02 Å². The van der Waals surface area contributed by atoms with Crippen LogP contribution < -0.4 is 9.47 Å². The lowest BCUT2D eigenvalue weighted by atomic mass is 10.1. The molecule has 206 valence electrons. The third-order valence-electron chi connectivity index (χ3n) is 6.67. The lowest BCUT2D eigenvalue weighted by molar-refractivity contribution is 0.176. The molecule has 0 saturated carbocycles. The predicted molar refractivity (Wildman–Crippen MR) is 158 cm³/mol. The largest absolute Gasteiger partial charge is 0.494 e. The van der Waals surface area contributed by atoms with E-state index in [-0.39, 0.29) is 0 Å². The van der Waals surface area contributed by atoms with Gasteiger partial charge in [-0.2, -0.15) is 0 Å². The van der Waals surface area contributed by atoms with E-state index < -0.39 is 0 Å². The molecule has 0 saturated heterocycles. The Labute approximate surface area is 237 Å². The second kappa shape index (κ2) is 14.7. The highest BCUT2D eigenvalue weighted by Crippen LogP contribution is 2.25. The quantitative estimate of drug-likeness (QED) is 0.149. The van der Waals surface area contributed by atoms with Gasteiger partial charge in [0, 0.05) is 42.5 Å². The monoisotopic (exact) mass is 547 g/mol. The van der Waals surface area contributed by atoms with Gasteiger partial charge in [0.25, 0.3) is 0 Å². The number of aromatic nitrogens is 2. The maximum absolute atomic E-state index is 5.96. The van der Waals surface area contributed by atoms with E-state index in [2.05, 4.69) is 35.4 Å². The average molecular weight is 548 g/mol. The second-order valence-electron chi connectivity index (χ2n) is 9.32. The SMILES string of the molecule is CCN(CC)CCCOc1ccc(-n2cc(-c3ccc(OCCc4ccc(Cl)cc4)cc3)nc2COC)cc1. The summed E-state index contributed by atoms with van der Waals surface area (Å²) < 4.78 is 19.4. The number of ether oxygens (including phenoxy) is 3. The van der Waals surface area contributed by atoms with Crippen molar-refractivity contribution in [2.75, 3.05) is 40.0 Å². The van der Waals surface area contributed by atoms with E-state index in [1.165, 1.54) is 5.56 Å². The van der Waals surface area contributed by atoms with Crippen LogP contribution >= 0.6 is 11.6 Å². The summed E-state index contributed by atoms with van der Waals surface area (Å²) in [6.07, 6.45) is 3.88. The third-order valence-corrected chi connectivity index (χ3v) is 6.92. The van der Waals surface area contributed by atoms with Crippen LogP contribution in [0.5, 0.6) is 11.5 Å². The van der Waals surface area contributed by atoms with Crippen LogP contribution in [0.15, 0.2) is 79.0 Å². The van der Waals surface area contributed by atoms with Crippen molar-refractivity contribution in [1.29, 1.82) is 0 Å². The van der Waals surface area contributed by atoms with Gasteiger partial charge in [-0.15, -0.1) is 0 Å². The molecule has 1 aromatic heterocycles. The molecule has 39 heavy (non-hydrogen) atoms. The first-order chi connectivity index (χ1) is 19.1. The van der Waals surface area contributed by atoms with Gasteiger partial charge in [0.2, 0.25) is 0 Å². The molecule has 0 aliphatic rings. The molecule has 0 unspecified atom stereocenters. The normalized spacial score (nSPS) is 11.2. The van der Waals surface area contributed by atoms with Crippen LogP contribution in [-0.4, -0.2) is 54.4 Å². The fourth-order valence-electron chi connectivity index (χ4n) is 4.39. The minimum atomic E-state index is 0.412. The van der Waals surface area contributed by atoms with E-state index in [1.807, 2.05) is 66.9 Å². The Balaban J connectivity index is 1.37. The van der Waals surface area contributed by atoms with E-state index in [4.69, 9.17) is 30.8 Å². The number of benzene rings is 3. The van der Waals surface area contributed by atoms with Crippen LogP contribution in [0.3, 0.4) is 0 Å². The molecule has 0 aliphatic carbocycles. The second-order valence-corrected chi connectivity index (χ2v) is 9.75. The highest BCUT2D eigenvalue weighted by molar-refractivity contribution is 6.30. The van der Waals surface area contributed by atoms with Gasteiger partial charge >= 0.3 is 0 Å². The van der Waals surface area contributed by atoms with Crippen molar-refractivity contribution in [3.05, 3.63) is 95.4 Å². The molecule has 0 bridgehead atoms. The van der Waals surface area contributed by atoms with Gasteiger partial charge in [0.1, 0.15) is 23.9 Å². The Morgan fingerprint density at radius 1 is 0.821 bits per heavy atom. The maximum Gasteiger partial charge on any atom is 0.140 e. The number of hydrogen-bond donors (Lipinski definition) is 0. The number of halogens is 1. The predicted octanol–water partition coefficient (Wildman–Crippen LogP) is 7.07. The van der Waals surface area contributed by atoms with Crippen molar-refractivity contribution in [2.24, 2.45) is 0 Å². The summed E-state index contributed by atoms with van der Waals surface area (Å²) >= 11 is 5.96. The highest BCUT2D eigenvalue weighted by Gasteiger charge is 2.12. The summed E-state index contributed by atoms with van der Waals surface area (Å²) in [4.78, 5) is 7.26. The highest BCUT2D eigenvalue weighted by atomic mass is 35.5. The molecule has 0 aliphatic heterocycles. The minimum Gasteiger partial charge on any atom is -0.494 e. The number of imidazole rings is 1. The molecule has 0 spiro atoms. The van der Waals surface area contributed by atoms with Crippen molar-refractivity contribution in [3.8, 4) is 28.4 Å². The zero-order valence-electron chi connectivity index (χ0n) is 23.1. The van der Waals surface area contributed by atoms with Crippen molar-refractivity contribution in [2.45, 2.75) is 33.3 Å². The molecule has 7 heteroatoms. The molecule has 0 amide bonds. The summed E-state index contributed by atoms with van der Waals surface area (Å²) in [7, 11) is 1.68. The first-order valence-electron chi connectivity index (χ1n) is 13.6.